The second kappa shape index (κ2) is 8.39. The van der Waals surface area contributed by atoms with Crippen LogP contribution in [0.3, 0.4) is 0 Å². The van der Waals surface area contributed by atoms with Gasteiger partial charge in [-0.15, -0.1) is 0 Å². The number of likely N-dealkylation sites (tertiary alicyclic amines) is 1. The average molecular weight is 461 g/mol. The smallest absolute Gasteiger partial charge is 0.243 e. The van der Waals surface area contributed by atoms with E-state index in [4.69, 9.17) is 11.6 Å². The molecule has 1 N–H and O–H groups in total. The third-order valence-corrected chi connectivity index (χ3v) is 8.39. The number of nitrogens with zero attached hydrogens (tertiary/aromatic N) is 1. The summed E-state index contributed by atoms with van der Waals surface area (Å²) in [5.74, 6) is -1.27. The van der Waals surface area contributed by atoms with Gasteiger partial charge in [-0.2, -0.15) is 0 Å². The van der Waals surface area contributed by atoms with E-state index in [1.54, 1.807) is 0 Å². The number of sulfone groups is 1. The number of carbonyl (C=O) groups excluding carboxylic acids is 1. The molecule has 1 fully saturated rings. The standard InChI is InChI=1S/C18H18ClFN2O5S2/c19-13-5-7-14(8-6-13)28(24,25)15-11-22(12-15)18(23)9-10-21-29(26,27)17-4-2-1-3-16(17)20/h1-8,15,21H,9-12H2. The number of benzene rings is 2. The molecule has 0 saturated carbocycles. The highest BCUT2D eigenvalue weighted by Crippen LogP contribution is 2.25. The van der Waals surface area contributed by atoms with Crippen LogP contribution in [0.1, 0.15) is 6.42 Å². The normalized spacial score (nSPS) is 15.2. The summed E-state index contributed by atoms with van der Waals surface area (Å²) in [6.45, 7) is -0.158. The first kappa shape index (κ1) is 21.7. The molecule has 0 spiro atoms. The van der Waals surface area contributed by atoms with E-state index in [0.717, 1.165) is 12.1 Å². The van der Waals surface area contributed by atoms with Crippen molar-refractivity contribution in [3.8, 4) is 0 Å². The molecule has 2 aromatic carbocycles. The molecule has 7 nitrogen and oxygen atoms in total. The molecular weight excluding hydrogens is 443 g/mol. The number of halogens is 2. The van der Waals surface area contributed by atoms with Gasteiger partial charge in [-0.1, -0.05) is 23.7 Å². The topological polar surface area (TPSA) is 101 Å². The van der Waals surface area contributed by atoms with Crippen LogP contribution in [0.4, 0.5) is 4.39 Å². The van der Waals surface area contributed by atoms with Crippen LogP contribution in [0, 0.1) is 5.82 Å². The summed E-state index contributed by atoms with van der Waals surface area (Å²) in [5.41, 5.74) is 0. The van der Waals surface area contributed by atoms with E-state index in [9.17, 15) is 26.0 Å². The molecule has 0 aliphatic carbocycles. The average Bonchev–Trinajstić information content (AvgIpc) is 2.60. The molecule has 1 amide bonds. The number of rotatable bonds is 7. The SMILES string of the molecule is O=C(CCNS(=O)(=O)c1ccccc1F)N1CC(S(=O)(=O)c2ccc(Cl)cc2)C1. The summed E-state index contributed by atoms with van der Waals surface area (Å²) in [6, 6.07) is 10.7. The number of hydrogen-bond acceptors (Lipinski definition) is 5. The van der Waals surface area contributed by atoms with E-state index in [1.165, 1.54) is 41.3 Å². The molecule has 156 valence electrons. The molecular formula is C18H18ClFN2O5S2. The zero-order valence-corrected chi connectivity index (χ0v) is 17.5. The van der Waals surface area contributed by atoms with Crippen molar-refractivity contribution in [1.82, 2.24) is 9.62 Å². The number of carbonyl (C=O) groups is 1. The molecule has 0 atom stereocenters. The molecule has 0 bridgehead atoms. The summed E-state index contributed by atoms with van der Waals surface area (Å²) >= 11 is 5.76. The Balaban J connectivity index is 1.51. The fourth-order valence-electron chi connectivity index (χ4n) is 2.85. The molecule has 1 aliphatic rings. The number of hydrogen-bond donors (Lipinski definition) is 1. The van der Waals surface area contributed by atoms with E-state index in [0.29, 0.717) is 5.02 Å². The fourth-order valence-corrected chi connectivity index (χ4v) is 5.73. The molecule has 0 radical (unpaired) electrons. The Labute approximate surface area is 173 Å². The van der Waals surface area contributed by atoms with Gasteiger partial charge in [0.2, 0.25) is 15.9 Å². The van der Waals surface area contributed by atoms with Gasteiger partial charge in [0, 0.05) is 31.1 Å². The minimum atomic E-state index is -4.08. The lowest BCUT2D eigenvalue weighted by molar-refractivity contribution is -0.134. The Hall–Kier alpha value is -2.01. The summed E-state index contributed by atoms with van der Waals surface area (Å²) in [4.78, 5) is 13.2. The predicted octanol–water partition coefficient (Wildman–Crippen LogP) is 1.83. The minimum absolute atomic E-state index is 0.0316. The first-order valence-corrected chi connectivity index (χ1v) is 12.0. The first-order chi connectivity index (χ1) is 13.6. The third-order valence-electron chi connectivity index (χ3n) is 4.54. The molecule has 29 heavy (non-hydrogen) atoms. The van der Waals surface area contributed by atoms with Crippen LogP contribution in [-0.2, 0) is 24.7 Å². The maximum Gasteiger partial charge on any atom is 0.243 e. The van der Waals surface area contributed by atoms with Crippen LogP contribution < -0.4 is 4.72 Å². The van der Waals surface area contributed by atoms with Crippen molar-refractivity contribution >= 4 is 37.4 Å². The predicted molar refractivity (Wildman–Crippen MR) is 105 cm³/mol. The molecule has 2 aromatic rings. The molecule has 1 aliphatic heterocycles. The fraction of sp³-hybridized carbons (Fsp3) is 0.278. The van der Waals surface area contributed by atoms with Gasteiger partial charge in [0.05, 0.1) is 4.90 Å². The number of amides is 1. The van der Waals surface area contributed by atoms with Crippen molar-refractivity contribution < 1.29 is 26.0 Å². The van der Waals surface area contributed by atoms with Gasteiger partial charge in [0.1, 0.15) is 16.0 Å². The Morgan fingerprint density at radius 1 is 1.07 bits per heavy atom. The number of sulfonamides is 1. The van der Waals surface area contributed by atoms with E-state index in [-0.39, 0.29) is 36.9 Å². The van der Waals surface area contributed by atoms with Crippen LogP contribution in [0.25, 0.3) is 0 Å². The Morgan fingerprint density at radius 3 is 2.31 bits per heavy atom. The van der Waals surface area contributed by atoms with Crippen LogP contribution >= 0.6 is 11.6 Å². The highest BCUT2D eigenvalue weighted by molar-refractivity contribution is 7.92. The largest absolute Gasteiger partial charge is 0.340 e. The third kappa shape index (κ3) is 4.77. The van der Waals surface area contributed by atoms with Crippen LogP contribution in [-0.4, -0.2) is 52.5 Å². The van der Waals surface area contributed by atoms with Gasteiger partial charge in [-0.25, -0.2) is 25.9 Å². The van der Waals surface area contributed by atoms with Gasteiger partial charge in [-0.3, -0.25) is 4.79 Å². The van der Waals surface area contributed by atoms with Gasteiger partial charge in [-0.05, 0) is 36.4 Å². The summed E-state index contributed by atoms with van der Waals surface area (Å²) in [7, 11) is -7.65. The van der Waals surface area contributed by atoms with Gasteiger partial charge >= 0.3 is 0 Å². The van der Waals surface area contributed by atoms with Crippen molar-refractivity contribution in [3.63, 3.8) is 0 Å². The zero-order chi connectivity index (χ0) is 21.2. The lowest BCUT2D eigenvalue weighted by Gasteiger charge is -2.38. The first-order valence-electron chi connectivity index (χ1n) is 8.63. The molecule has 0 unspecified atom stereocenters. The van der Waals surface area contributed by atoms with E-state index >= 15 is 0 Å². The second-order valence-electron chi connectivity index (χ2n) is 6.50. The van der Waals surface area contributed by atoms with Gasteiger partial charge in [0.25, 0.3) is 0 Å². The van der Waals surface area contributed by atoms with E-state index in [1.807, 2.05) is 0 Å². The summed E-state index contributed by atoms with van der Waals surface area (Å²) in [5, 5.41) is -0.296. The molecule has 11 heteroatoms. The molecule has 0 aromatic heterocycles. The maximum absolute atomic E-state index is 13.6. The van der Waals surface area contributed by atoms with Crippen LogP contribution in [0.5, 0.6) is 0 Å². The lowest BCUT2D eigenvalue weighted by Crippen LogP contribution is -2.57. The lowest BCUT2D eigenvalue weighted by atomic mass is 10.2. The van der Waals surface area contributed by atoms with Crippen LogP contribution in [0.2, 0.25) is 5.02 Å². The van der Waals surface area contributed by atoms with Crippen molar-refractivity contribution in [2.75, 3.05) is 19.6 Å². The summed E-state index contributed by atoms with van der Waals surface area (Å²) in [6.07, 6.45) is -0.165. The highest BCUT2D eigenvalue weighted by Gasteiger charge is 2.40. The van der Waals surface area contributed by atoms with Crippen molar-refractivity contribution in [1.29, 1.82) is 0 Å². The quantitative estimate of drug-likeness (QED) is 0.679. The maximum atomic E-state index is 13.6. The second-order valence-corrected chi connectivity index (χ2v) is 10.9. The molecule has 3 rings (SSSR count). The van der Waals surface area contributed by atoms with Crippen molar-refractivity contribution in [3.05, 3.63) is 59.4 Å². The van der Waals surface area contributed by atoms with Gasteiger partial charge in [0.15, 0.2) is 9.84 Å². The Kier molecular flexibility index (Phi) is 6.27. The van der Waals surface area contributed by atoms with Gasteiger partial charge < -0.3 is 4.90 Å². The molecule has 1 saturated heterocycles. The molecule has 1 heterocycles. The highest BCUT2D eigenvalue weighted by atomic mass is 35.5. The van der Waals surface area contributed by atoms with E-state index in [2.05, 4.69) is 4.72 Å². The number of nitrogens with one attached hydrogen (secondary N) is 1. The van der Waals surface area contributed by atoms with Crippen molar-refractivity contribution in [2.45, 2.75) is 21.5 Å². The van der Waals surface area contributed by atoms with Crippen molar-refractivity contribution in [2.24, 2.45) is 0 Å². The minimum Gasteiger partial charge on any atom is -0.340 e. The Bertz CT molecular complexity index is 1120. The van der Waals surface area contributed by atoms with E-state index < -0.39 is 35.8 Å². The Morgan fingerprint density at radius 2 is 1.69 bits per heavy atom. The van der Waals surface area contributed by atoms with Crippen LogP contribution in [0.15, 0.2) is 58.3 Å². The summed E-state index contributed by atoms with van der Waals surface area (Å²) < 4.78 is 65.0. The monoisotopic (exact) mass is 460 g/mol. The zero-order valence-electron chi connectivity index (χ0n) is 15.1.